The molecule has 5 nitrogen and oxygen atoms in total. The molecule has 3 aliphatic rings. The summed E-state index contributed by atoms with van der Waals surface area (Å²) in [5, 5.41) is 3.72. The predicted octanol–water partition coefficient (Wildman–Crippen LogP) is 4.08. The van der Waals surface area contributed by atoms with E-state index in [2.05, 4.69) is 17.4 Å². The second-order valence-electron chi connectivity index (χ2n) is 9.65. The second kappa shape index (κ2) is 8.15. The number of amides is 1. The van der Waals surface area contributed by atoms with Crippen LogP contribution >= 0.6 is 11.6 Å². The number of piperidine rings is 1. The molecule has 1 unspecified atom stereocenters. The Hall–Kier alpha value is -1.89. The molecule has 32 heavy (non-hydrogen) atoms. The van der Waals surface area contributed by atoms with Crippen LogP contribution in [0.2, 0.25) is 5.02 Å². The molecule has 1 amide bonds. The third kappa shape index (κ3) is 3.97. The van der Waals surface area contributed by atoms with Gasteiger partial charge in [0.05, 0.1) is 16.3 Å². The van der Waals surface area contributed by atoms with E-state index in [0.717, 1.165) is 24.8 Å². The lowest BCUT2D eigenvalue weighted by Gasteiger charge is -2.43. The molecular weight excluding hydrogens is 444 g/mol. The Kier molecular flexibility index (Phi) is 5.59. The molecule has 1 aliphatic heterocycles. The minimum absolute atomic E-state index is 0.0851. The van der Waals surface area contributed by atoms with Crippen LogP contribution in [0.25, 0.3) is 0 Å². The van der Waals surface area contributed by atoms with E-state index in [1.807, 2.05) is 25.1 Å². The topological polar surface area (TPSA) is 66.5 Å². The number of hydrogen-bond donors (Lipinski definition) is 1. The fourth-order valence-corrected chi connectivity index (χ4v) is 7.69. The zero-order valence-corrected chi connectivity index (χ0v) is 19.9. The van der Waals surface area contributed by atoms with Crippen molar-refractivity contribution in [3.05, 3.63) is 69.7 Å². The highest BCUT2D eigenvalue weighted by molar-refractivity contribution is 7.89. The van der Waals surface area contributed by atoms with E-state index in [9.17, 15) is 13.2 Å². The third-order valence-electron chi connectivity index (χ3n) is 7.47. The summed E-state index contributed by atoms with van der Waals surface area (Å²) in [5.41, 5.74) is 3.72. The van der Waals surface area contributed by atoms with Crippen molar-refractivity contribution in [2.75, 3.05) is 18.8 Å². The molecule has 2 aromatic rings. The standard InChI is InChI=1S/C25H29ClN2O3S/c1-17-6-9-20(22(26)14-17)24(29)27-23-15-19-4-2-3-5-21(19)25(23)10-12-28(13-11-25)32(30,31)16-18-7-8-18/h2-6,9,14,18,23H,7-8,10-13,15-16H2,1H3,(H,27,29). The summed E-state index contributed by atoms with van der Waals surface area (Å²) in [7, 11) is -3.21. The summed E-state index contributed by atoms with van der Waals surface area (Å²) in [6, 6.07) is 13.7. The van der Waals surface area contributed by atoms with Gasteiger partial charge in [-0.15, -0.1) is 0 Å². The molecule has 1 heterocycles. The van der Waals surface area contributed by atoms with Crippen LogP contribution in [-0.2, 0) is 21.9 Å². The molecule has 1 saturated heterocycles. The Balaban J connectivity index is 1.39. The summed E-state index contributed by atoms with van der Waals surface area (Å²) in [6.07, 6.45) is 4.22. The quantitative estimate of drug-likeness (QED) is 0.713. The van der Waals surface area contributed by atoms with Crippen LogP contribution in [0.4, 0.5) is 0 Å². The average Bonchev–Trinajstić information content (AvgIpc) is 3.51. The van der Waals surface area contributed by atoms with Crippen LogP contribution in [0.5, 0.6) is 0 Å². The Labute approximate surface area is 195 Å². The van der Waals surface area contributed by atoms with Gasteiger partial charge in [-0.25, -0.2) is 12.7 Å². The van der Waals surface area contributed by atoms with Crippen molar-refractivity contribution < 1.29 is 13.2 Å². The number of rotatable bonds is 5. The number of nitrogens with zero attached hydrogens (tertiary/aromatic N) is 1. The van der Waals surface area contributed by atoms with Gasteiger partial charge in [0.2, 0.25) is 10.0 Å². The predicted molar refractivity (Wildman–Crippen MR) is 127 cm³/mol. The van der Waals surface area contributed by atoms with Crippen molar-refractivity contribution in [1.82, 2.24) is 9.62 Å². The molecule has 2 aromatic carbocycles. The number of fused-ring (bicyclic) bond motifs is 2. The number of benzene rings is 2. The van der Waals surface area contributed by atoms with Crippen LogP contribution in [-0.4, -0.2) is 43.5 Å². The SMILES string of the molecule is Cc1ccc(C(=O)NC2Cc3ccccc3C23CCN(S(=O)(=O)CC2CC2)CC3)c(Cl)c1. The van der Waals surface area contributed by atoms with E-state index in [0.29, 0.717) is 42.4 Å². The highest BCUT2D eigenvalue weighted by atomic mass is 35.5. The second-order valence-corrected chi connectivity index (χ2v) is 12.1. The van der Waals surface area contributed by atoms with Gasteiger partial charge in [0.1, 0.15) is 0 Å². The van der Waals surface area contributed by atoms with Crippen molar-refractivity contribution >= 4 is 27.5 Å². The summed E-state index contributed by atoms with van der Waals surface area (Å²) in [5.74, 6) is 0.452. The van der Waals surface area contributed by atoms with E-state index in [4.69, 9.17) is 11.6 Å². The molecule has 7 heteroatoms. The number of sulfonamides is 1. The molecule has 0 radical (unpaired) electrons. The zero-order valence-electron chi connectivity index (χ0n) is 18.3. The number of hydrogen-bond acceptors (Lipinski definition) is 3. The summed E-state index contributed by atoms with van der Waals surface area (Å²) in [6.45, 7) is 2.95. The molecule has 1 spiro atoms. The molecule has 1 atom stereocenters. The maximum atomic E-state index is 13.2. The van der Waals surface area contributed by atoms with Gasteiger partial charge < -0.3 is 5.32 Å². The van der Waals surface area contributed by atoms with Crippen molar-refractivity contribution in [2.24, 2.45) is 5.92 Å². The van der Waals surface area contributed by atoms with Crippen molar-refractivity contribution in [2.45, 2.75) is 50.5 Å². The van der Waals surface area contributed by atoms with E-state index in [1.165, 1.54) is 11.1 Å². The summed E-state index contributed by atoms with van der Waals surface area (Å²) >= 11 is 6.36. The third-order valence-corrected chi connectivity index (χ3v) is 9.83. The molecule has 1 saturated carbocycles. The van der Waals surface area contributed by atoms with Gasteiger partial charge >= 0.3 is 0 Å². The monoisotopic (exact) mass is 472 g/mol. The van der Waals surface area contributed by atoms with Gasteiger partial charge in [0, 0.05) is 24.5 Å². The average molecular weight is 473 g/mol. The van der Waals surface area contributed by atoms with E-state index >= 15 is 0 Å². The molecule has 1 N–H and O–H groups in total. The molecule has 2 aliphatic carbocycles. The minimum Gasteiger partial charge on any atom is -0.348 e. The van der Waals surface area contributed by atoms with Gasteiger partial charge in [-0.3, -0.25) is 4.79 Å². The summed E-state index contributed by atoms with van der Waals surface area (Å²) < 4.78 is 27.3. The highest BCUT2D eigenvalue weighted by Crippen LogP contribution is 2.47. The first kappa shape index (κ1) is 21.9. The lowest BCUT2D eigenvalue weighted by atomic mass is 9.71. The zero-order chi connectivity index (χ0) is 22.5. The van der Waals surface area contributed by atoms with Crippen LogP contribution in [0, 0.1) is 12.8 Å². The van der Waals surface area contributed by atoms with Gasteiger partial charge in [-0.05, 0) is 73.8 Å². The van der Waals surface area contributed by atoms with E-state index < -0.39 is 10.0 Å². The van der Waals surface area contributed by atoms with Crippen molar-refractivity contribution in [3.8, 4) is 0 Å². The van der Waals surface area contributed by atoms with Gasteiger partial charge in [0.25, 0.3) is 5.91 Å². The maximum absolute atomic E-state index is 13.2. The fraction of sp³-hybridized carbons (Fsp3) is 0.480. The smallest absolute Gasteiger partial charge is 0.253 e. The lowest BCUT2D eigenvalue weighted by Crippen LogP contribution is -2.54. The van der Waals surface area contributed by atoms with Crippen LogP contribution in [0.3, 0.4) is 0 Å². The van der Waals surface area contributed by atoms with Crippen molar-refractivity contribution in [3.63, 3.8) is 0 Å². The van der Waals surface area contributed by atoms with Crippen LogP contribution in [0.15, 0.2) is 42.5 Å². The minimum atomic E-state index is -3.21. The Morgan fingerprint density at radius 2 is 1.88 bits per heavy atom. The Bertz CT molecular complexity index is 1150. The molecule has 5 rings (SSSR count). The Morgan fingerprint density at radius 1 is 1.16 bits per heavy atom. The van der Waals surface area contributed by atoms with Crippen LogP contribution in [0.1, 0.15) is 52.7 Å². The molecule has 170 valence electrons. The fourth-order valence-electron chi connectivity index (χ4n) is 5.49. The van der Waals surface area contributed by atoms with Gasteiger partial charge in [-0.2, -0.15) is 0 Å². The normalized spacial score (nSPS) is 22.6. The lowest BCUT2D eigenvalue weighted by molar-refractivity contribution is 0.0897. The van der Waals surface area contributed by atoms with Gasteiger partial charge in [-0.1, -0.05) is 41.9 Å². The van der Waals surface area contributed by atoms with E-state index in [-0.39, 0.29) is 23.1 Å². The van der Waals surface area contributed by atoms with Gasteiger partial charge in [0.15, 0.2) is 0 Å². The highest BCUT2D eigenvalue weighted by Gasteiger charge is 2.50. The maximum Gasteiger partial charge on any atom is 0.253 e. The molecule has 0 bridgehead atoms. The first-order valence-corrected chi connectivity index (χ1v) is 13.4. The summed E-state index contributed by atoms with van der Waals surface area (Å²) in [4.78, 5) is 13.2. The number of aryl methyl sites for hydroxylation is 1. The first-order valence-electron chi connectivity index (χ1n) is 11.4. The number of halogens is 1. The number of nitrogens with one attached hydrogen (secondary N) is 1. The van der Waals surface area contributed by atoms with E-state index in [1.54, 1.807) is 16.4 Å². The molecule has 2 fully saturated rings. The Morgan fingerprint density at radius 3 is 2.56 bits per heavy atom. The molecule has 0 aromatic heterocycles. The van der Waals surface area contributed by atoms with Crippen molar-refractivity contribution in [1.29, 1.82) is 0 Å². The largest absolute Gasteiger partial charge is 0.348 e. The number of carbonyl (C=O) groups is 1. The van der Waals surface area contributed by atoms with Crippen LogP contribution < -0.4 is 5.32 Å². The number of carbonyl (C=O) groups excluding carboxylic acids is 1. The molecular formula is C25H29ClN2O3S. The first-order chi connectivity index (χ1) is 15.3.